The molecule has 0 radical (unpaired) electrons. The van der Waals surface area contributed by atoms with E-state index in [2.05, 4.69) is 34.7 Å². The summed E-state index contributed by atoms with van der Waals surface area (Å²) < 4.78 is 0.956. The molecule has 0 fully saturated rings. The fraction of sp³-hybridized carbons (Fsp3) is 0.462. The number of anilines is 1. The van der Waals surface area contributed by atoms with Crippen molar-refractivity contribution >= 4 is 27.5 Å². The lowest BCUT2D eigenvalue weighted by molar-refractivity contribution is 0.731. The largest absolute Gasteiger partial charge is 0.384 e. The lowest BCUT2D eigenvalue weighted by Crippen LogP contribution is -2.27. The maximum Gasteiger partial charge on any atom is 0.124 e. The van der Waals surface area contributed by atoms with Crippen LogP contribution in [0.3, 0.4) is 0 Å². The predicted octanol–water partition coefficient (Wildman–Crippen LogP) is 3.36. The number of halogens is 1. The molecule has 3 N–H and O–H groups in total. The van der Waals surface area contributed by atoms with Gasteiger partial charge < -0.3 is 10.6 Å². The molecule has 0 aromatic heterocycles. The van der Waals surface area contributed by atoms with Crippen molar-refractivity contribution < 1.29 is 0 Å². The number of hydrogen-bond donors (Lipinski definition) is 2. The van der Waals surface area contributed by atoms with Crippen LogP contribution in [0.5, 0.6) is 0 Å². The number of nitrogens with two attached hydrogens (primary N) is 1. The summed E-state index contributed by atoms with van der Waals surface area (Å²) in [6.07, 6.45) is 2.32. The Kier molecular flexibility index (Phi) is 5.48. The monoisotopic (exact) mass is 297 g/mol. The minimum atomic E-state index is 0.122. The smallest absolute Gasteiger partial charge is 0.124 e. The molecule has 1 rings (SSSR count). The summed E-state index contributed by atoms with van der Waals surface area (Å²) in [7, 11) is 0. The topological polar surface area (TPSA) is 53.1 Å². The molecule has 4 heteroatoms. The summed E-state index contributed by atoms with van der Waals surface area (Å²) in [5, 5.41) is 7.65. The van der Waals surface area contributed by atoms with Crippen LogP contribution in [-0.2, 0) is 0 Å². The Bertz CT molecular complexity index is 390. The summed E-state index contributed by atoms with van der Waals surface area (Å²) in [6.45, 7) is 6.25. The Morgan fingerprint density at radius 2 is 2.12 bits per heavy atom. The third kappa shape index (κ3) is 3.73. The van der Waals surface area contributed by atoms with E-state index in [1.54, 1.807) is 0 Å². The molecule has 0 aliphatic carbocycles. The molecule has 94 valence electrons. The number of benzene rings is 1. The molecule has 0 aliphatic heterocycles. The Balaban J connectivity index is 3.05. The number of amidine groups is 1. The number of hydrogen-bond acceptors (Lipinski definition) is 2. The Morgan fingerprint density at radius 3 is 2.65 bits per heavy atom. The van der Waals surface area contributed by atoms with Gasteiger partial charge >= 0.3 is 0 Å². The molecular weight excluding hydrogens is 278 g/mol. The summed E-state index contributed by atoms with van der Waals surface area (Å²) >= 11 is 3.42. The highest BCUT2D eigenvalue weighted by molar-refractivity contribution is 9.10. The minimum Gasteiger partial charge on any atom is -0.384 e. The standard InChI is InChI=1S/C13H20BrN3/c1-3-5-8-17(4-2)12-7-6-10(14)9-11(12)13(15)16/h6-7,9H,3-5,8H2,1-2H3,(H3,15,16). The first-order valence-corrected chi connectivity index (χ1v) is 6.78. The lowest BCUT2D eigenvalue weighted by Gasteiger charge is -2.25. The second kappa shape index (κ2) is 6.64. The zero-order valence-corrected chi connectivity index (χ0v) is 12.0. The maximum atomic E-state index is 7.65. The number of rotatable bonds is 6. The van der Waals surface area contributed by atoms with Crippen molar-refractivity contribution in [3.63, 3.8) is 0 Å². The van der Waals surface area contributed by atoms with Crippen LogP contribution in [0.4, 0.5) is 5.69 Å². The molecule has 0 amide bonds. The highest BCUT2D eigenvalue weighted by Gasteiger charge is 2.11. The van der Waals surface area contributed by atoms with E-state index in [0.29, 0.717) is 0 Å². The van der Waals surface area contributed by atoms with Gasteiger partial charge in [-0.3, -0.25) is 5.41 Å². The van der Waals surface area contributed by atoms with Crippen molar-refractivity contribution in [2.75, 3.05) is 18.0 Å². The van der Waals surface area contributed by atoms with Gasteiger partial charge in [0, 0.05) is 28.8 Å². The van der Waals surface area contributed by atoms with Crippen LogP contribution >= 0.6 is 15.9 Å². The summed E-state index contributed by atoms with van der Waals surface area (Å²) in [4.78, 5) is 2.27. The molecule has 0 atom stereocenters. The molecule has 3 nitrogen and oxygen atoms in total. The predicted molar refractivity (Wildman–Crippen MR) is 78.0 cm³/mol. The molecular formula is C13H20BrN3. The Hall–Kier alpha value is -1.03. The highest BCUT2D eigenvalue weighted by atomic mass is 79.9. The molecule has 0 unspecified atom stereocenters. The van der Waals surface area contributed by atoms with Crippen LogP contribution in [0.25, 0.3) is 0 Å². The number of nitrogen functional groups attached to an aromatic ring is 1. The average Bonchev–Trinajstić information content (AvgIpc) is 2.31. The molecule has 0 saturated carbocycles. The second-order valence-electron chi connectivity index (χ2n) is 4.01. The van der Waals surface area contributed by atoms with Gasteiger partial charge in [-0.2, -0.15) is 0 Å². The van der Waals surface area contributed by atoms with Crippen molar-refractivity contribution in [2.24, 2.45) is 5.73 Å². The summed E-state index contributed by atoms with van der Waals surface area (Å²) in [5.74, 6) is 0.122. The molecule has 17 heavy (non-hydrogen) atoms. The average molecular weight is 298 g/mol. The van der Waals surface area contributed by atoms with Gasteiger partial charge in [-0.05, 0) is 31.5 Å². The second-order valence-corrected chi connectivity index (χ2v) is 4.92. The van der Waals surface area contributed by atoms with E-state index < -0.39 is 0 Å². The molecule has 0 saturated heterocycles. The molecule has 0 aliphatic rings. The van der Waals surface area contributed by atoms with Crippen molar-refractivity contribution in [3.8, 4) is 0 Å². The Labute approximate surface area is 112 Å². The number of unbranched alkanes of at least 4 members (excludes halogenated alkanes) is 1. The molecule has 0 spiro atoms. The van der Waals surface area contributed by atoms with Crippen molar-refractivity contribution in [2.45, 2.75) is 26.7 Å². The molecule has 1 aromatic rings. The van der Waals surface area contributed by atoms with E-state index in [1.165, 1.54) is 6.42 Å². The van der Waals surface area contributed by atoms with E-state index in [-0.39, 0.29) is 5.84 Å². The van der Waals surface area contributed by atoms with Gasteiger partial charge in [-0.25, -0.2) is 0 Å². The fourth-order valence-electron chi connectivity index (χ4n) is 1.80. The Morgan fingerprint density at radius 1 is 1.41 bits per heavy atom. The normalized spacial score (nSPS) is 10.3. The minimum absolute atomic E-state index is 0.122. The van der Waals surface area contributed by atoms with Gasteiger partial charge in [0.2, 0.25) is 0 Å². The maximum absolute atomic E-state index is 7.65. The lowest BCUT2D eigenvalue weighted by atomic mass is 10.1. The first-order chi connectivity index (χ1) is 8.10. The van der Waals surface area contributed by atoms with Crippen molar-refractivity contribution in [1.29, 1.82) is 5.41 Å². The van der Waals surface area contributed by atoms with Gasteiger partial charge in [0.05, 0.1) is 0 Å². The van der Waals surface area contributed by atoms with E-state index in [4.69, 9.17) is 11.1 Å². The SMILES string of the molecule is CCCCN(CC)c1ccc(Br)cc1C(=N)N. The van der Waals surface area contributed by atoms with Crippen molar-refractivity contribution in [3.05, 3.63) is 28.2 Å². The van der Waals surface area contributed by atoms with E-state index in [0.717, 1.165) is 35.2 Å². The first-order valence-electron chi connectivity index (χ1n) is 5.99. The van der Waals surface area contributed by atoms with Gasteiger partial charge in [0.15, 0.2) is 0 Å². The van der Waals surface area contributed by atoms with Gasteiger partial charge in [-0.1, -0.05) is 29.3 Å². The zero-order chi connectivity index (χ0) is 12.8. The molecule has 1 aromatic carbocycles. The van der Waals surface area contributed by atoms with Crippen LogP contribution < -0.4 is 10.6 Å². The van der Waals surface area contributed by atoms with Crippen LogP contribution in [0.1, 0.15) is 32.3 Å². The number of nitrogens with one attached hydrogen (secondary N) is 1. The molecule has 0 heterocycles. The van der Waals surface area contributed by atoms with Crippen LogP contribution in [0.2, 0.25) is 0 Å². The van der Waals surface area contributed by atoms with Gasteiger partial charge in [0.25, 0.3) is 0 Å². The quantitative estimate of drug-likeness (QED) is 0.625. The van der Waals surface area contributed by atoms with Crippen LogP contribution in [0.15, 0.2) is 22.7 Å². The fourth-order valence-corrected chi connectivity index (χ4v) is 2.16. The van der Waals surface area contributed by atoms with Crippen molar-refractivity contribution in [1.82, 2.24) is 0 Å². The van der Waals surface area contributed by atoms with Crippen LogP contribution in [-0.4, -0.2) is 18.9 Å². The van der Waals surface area contributed by atoms with Gasteiger partial charge in [0.1, 0.15) is 5.84 Å². The number of nitrogens with zero attached hydrogens (tertiary/aromatic N) is 1. The molecule has 0 bridgehead atoms. The first kappa shape index (κ1) is 14.0. The summed E-state index contributed by atoms with van der Waals surface area (Å²) in [5.41, 5.74) is 7.50. The zero-order valence-electron chi connectivity index (χ0n) is 10.5. The van der Waals surface area contributed by atoms with E-state index in [9.17, 15) is 0 Å². The van der Waals surface area contributed by atoms with Gasteiger partial charge in [-0.15, -0.1) is 0 Å². The van der Waals surface area contributed by atoms with E-state index in [1.807, 2.05) is 18.2 Å². The third-order valence-corrected chi connectivity index (χ3v) is 3.25. The highest BCUT2D eigenvalue weighted by Crippen LogP contribution is 2.24. The third-order valence-electron chi connectivity index (χ3n) is 2.75. The summed E-state index contributed by atoms with van der Waals surface area (Å²) in [6, 6.07) is 5.93. The van der Waals surface area contributed by atoms with Crippen LogP contribution in [0, 0.1) is 5.41 Å². The van der Waals surface area contributed by atoms with E-state index >= 15 is 0 Å².